The zero-order chi connectivity index (χ0) is 10.3. The third-order valence-corrected chi connectivity index (χ3v) is 3.01. The second kappa shape index (κ2) is 2.95. The summed E-state index contributed by atoms with van der Waals surface area (Å²) in [5.41, 5.74) is 0.864. The van der Waals surface area contributed by atoms with Gasteiger partial charge < -0.3 is 5.11 Å². The van der Waals surface area contributed by atoms with Crippen LogP contribution in [0.5, 0.6) is 0 Å². The Kier molecular flexibility index (Phi) is 2.00. The van der Waals surface area contributed by atoms with E-state index in [0.717, 1.165) is 11.1 Å². The van der Waals surface area contributed by atoms with Gasteiger partial charge in [0.05, 0.1) is 10.4 Å². The van der Waals surface area contributed by atoms with E-state index in [9.17, 15) is 4.79 Å². The smallest absolute Gasteiger partial charge is 0.314 e. The summed E-state index contributed by atoms with van der Waals surface area (Å²) in [6.45, 7) is 1.84. The number of aryl methyl sites for hydroxylation is 1. The van der Waals surface area contributed by atoms with Gasteiger partial charge in [0.1, 0.15) is 0 Å². The molecule has 2 rings (SSSR count). The maximum absolute atomic E-state index is 11.1. The van der Waals surface area contributed by atoms with Gasteiger partial charge in [-0.05, 0) is 30.9 Å². The van der Waals surface area contributed by atoms with Crippen molar-refractivity contribution in [2.45, 2.75) is 25.2 Å². The fraction of sp³-hybridized carbons (Fsp3) is 0.400. The maximum atomic E-state index is 11.1. The molecular weight excluding hydrogens is 202 g/mol. The number of halogens is 1. The van der Waals surface area contributed by atoms with Crippen molar-refractivity contribution in [3.63, 3.8) is 0 Å². The first-order chi connectivity index (χ1) is 6.58. The largest absolute Gasteiger partial charge is 0.481 e. The summed E-state index contributed by atoms with van der Waals surface area (Å²) < 4.78 is 0. The monoisotopic (exact) mass is 211 g/mol. The number of carboxylic acids is 1. The van der Waals surface area contributed by atoms with Crippen LogP contribution in [0.2, 0.25) is 5.02 Å². The van der Waals surface area contributed by atoms with Gasteiger partial charge >= 0.3 is 5.97 Å². The normalized spacial score (nSPS) is 17.9. The van der Waals surface area contributed by atoms with Crippen LogP contribution in [0.3, 0.4) is 0 Å². The van der Waals surface area contributed by atoms with Crippen molar-refractivity contribution < 1.29 is 9.90 Å². The van der Waals surface area contributed by atoms with Gasteiger partial charge in [-0.1, -0.05) is 11.6 Å². The second-order valence-electron chi connectivity index (χ2n) is 3.70. The van der Waals surface area contributed by atoms with E-state index in [4.69, 9.17) is 16.7 Å². The molecule has 1 aliphatic carbocycles. The van der Waals surface area contributed by atoms with Crippen LogP contribution in [0.15, 0.2) is 12.4 Å². The predicted octanol–water partition coefficient (Wildman–Crippen LogP) is 2.16. The molecule has 0 spiro atoms. The molecule has 0 bridgehead atoms. The molecule has 0 atom stereocenters. The van der Waals surface area contributed by atoms with Crippen molar-refractivity contribution in [1.29, 1.82) is 0 Å². The molecule has 0 radical (unpaired) electrons. The molecule has 1 heterocycles. The van der Waals surface area contributed by atoms with Crippen LogP contribution in [-0.2, 0) is 10.2 Å². The summed E-state index contributed by atoms with van der Waals surface area (Å²) >= 11 is 5.97. The van der Waals surface area contributed by atoms with E-state index in [1.807, 2.05) is 6.92 Å². The number of hydrogen-bond acceptors (Lipinski definition) is 2. The minimum atomic E-state index is -0.784. The third kappa shape index (κ3) is 1.20. The molecule has 0 amide bonds. The highest BCUT2D eigenvalue weighted by molar-refractivity contribution is 6.31. The Balaban J connectivity index is 2.56. The van der Waals surface area contributed by atoms with E-state index in [0.29, 0.717) is 17.9 Å². The fourth-order valence-corrected chi connectivity index (χ4v) is 2.22. The number of aliphatic carboxylic acids is 1. The number of hydrogen-bond donors (Lipinski definition) is 1. The number of aromatic nitrogens is 1. The molecule has 1 aliphatic rings. The van der Waals surface area contributed by atoms with Crippen LogP contribution in [0.25, 0.3) is 0 Å². The van der Waals surface area contributed by atoms with E-state index >= 15 is 0 Å². The number of carbonyl (C=O) groups is 1. The Morgan fingerprint density at radius 2 is 2.21 bits per heavy atom. The fourth-order valence-electron chi connectivity index (χ4n) is 1.83. The van der Waals surface area contributed by atoms with Crippen molar-refractivity contribution in [1.82, 2.24) is 4.98 Å². The quantitative estimate of drug-likeness (QED) is 0.816. The van der Waals surface area contributed by atoms with Crippen molar-refractivity contribution in [2.24, 2.45) is 0 Å². The van der Waals surface area contributed by atoms with E-state index in [-0.39, 0.29) is 0 Å². The summed E-state index contributed by atoms with van der Waals surface area (Å²) in [4.78, 5) is 15.0. The van der Waals surface area contributed by atoms with E-state index < -0.39 is 11.4 Å². The Hall–Kier alpha value is -1.09. The summed E-state index contributed by atoms with van der Waals surface area (Å²) in [6.07, 6.45) is 4.51. The summed E-state index contributed by atoms with van der Waals surface area (Å²) in [6, 6.07) is 0. The van der Waals surface area contributed by atoms with Crippen molar-refractivity contribution in [3.05, 3.63) is 28.5 Å². The van der Waals surface area contributed by atoms with Gasteiger partial charge in [-0.25, -0.2) is 0 Å². The Morgan fingerprint density at radius 3 is 2.64 bits per heavy atom. The van der Waals surface area contributed by atoms with Crippen molar-refractivity contribution in [2.75, 3.05) is 0 Å². The molecule has 0 saturated heterocycles. The number of nitrogens with zero attached hydrogens (tertiary/aromatic N) is 1. The predicted molar refractivity (Wildman–Crippen MR) is 52.5 cm³/mol. The number of pyridine rings is 1. The lowest BCUT2D eigenvalue weighted by atomic mass is 9.93. The number of rotatable bonds is 2. The summed E-state index contributed by atoms with van der Waals surface area (Å²) in [5.74, 6) is -0.784. The molecule has 3 nitrogen and oxygen atoms in total. The van der Waals surface area contributed by atoms with Gasteiger partial charge in [0, 0.05) is 12.4 Å². The Morgan fingerprint density at radius 1 is 1.57 bits per heavy atom. The average Bonchev–Trinajstić information content (AvgIpc) is 2.85. The lowest BCUT2D eigenvalue weighted by Gasteiger charge is -2.14. The average molecular weight is 212 g/mol. The molecule has 4 heteroatoms. The summed E-state index contributed by atoms with van der Waals surface area (Å²) in [5, 5.41) is 9.59. The molecule has 0 unspecified atom stereocenters. The summed E-state index contributed by atoms with van der Waals surface area (Å²) in [7, 11) is 0. The minimum absolute atomic E-state index is 0.463. The van der Waals surface area contributed by atoms with Crippen LogP contribution < -0.4 is 0 Å². The molecule has 1 N–H and O–H groups in total. The van der Waals surface area contributed by atoms with Crippen LogP contribution in [-0.4, -0.2) is 16.1 Å². The lowest BCUT2D eigenvalue weighted by molar-refractivity contribution is -0.140. The molecule has 1 aromatic rings. The van der Waals surface area contributed by atoms with Gasteiger partial charge in [0.15, 0.2) is 0 Å². The van der Waals surface area contributed by atoms with Crippen molar-refractivity contribution in [3.8, 4) is 0 Å². The van der Waals surface area contributed by atoms with Gasteiger partial charge in [0.25, 0.3) is 0 Å². The topological polar surface area (TPSA) is 50.2 Å². The first-order valence-electron chi connectivity index (χ1n) is 4.42. The van der Waals surface area contributed by atoms with Gasteiger partial charge in [0.2, 0.25) is 0 Å². The molecule has 0 aromatic carbocycles. The number of carboxylic acid groups (broad SMARTS) is 1. The SMILES string of the molecule is Cc1cncc(Cl)c1C1(C(=O)O)CC1. The zero-order valence-electron chi connectivity index (χ0n) is 7.75. The molecule has 74 valence electrons. The van der Waals surface area contributed by atoms with Crippen LogP contribution in [0.1, 0.15) is 24.0 Å². The van der Waals surface area contributed by atoms with Crippen LogP contribution >= 0.6 is 11.6 Å². The van der Waals surface area contributed by atoms with Crippen LogP contribution in [0.4, 0.5) is 0 Å². The first kappa shape index (κ1) is 9.46. The molecular formula is C10H10ClNO2. The van der Waals surface area contributed by atoms with Gasteiger partial charge in [-0.2, -0.15) is 0 Å². The van der Waals surface area contributed by atoms with Crippen molar-refractivity contribution >= 4 is 17.6 Å². The molecule has 14 heavy (non-hydrogen) atoms. The first-order valence-corrected chi connectivity index (χ1v) is 4.80. The molecule has 1 aromatic heterocycles. The van der Waals surface area contributed by atoms with Crippen LogP contribution in [0, 0.1) is 6.92 Å². The lowest BCUT2D eigenvalue weighted by Crippen LogP contribution is -2.21. The second-order valence-corrected chi connectivity index (χ2v) is 4.11. The van der Waals surface area contributed by atoms with E-state index in [2.05, 4.69) is 4.98 Å². The van der Waals surface area contributed by atoms with E-state index in [1.165, 1.54) is 6.20 Å². The third-order valence-electron chi connectivity index (χ3n) is 2.73. The van der Waals surface area contributed by atoms with E-state index in [1.54, 1.807) is 6.20 Å². The van der Waals surface area contributed by atoms with Gasteiger partial charge in [-0.15, -0.1) is 0 Å². The molecule has 1 saturated carbocycles. The minimum Gasteiger partial charge on any atom is -0.481 e. The standard InChI is InChI=1S/C10H10ClNO2/c1-6-4-12-5-7(11)8(6)10(2-3-10)9(13)14/h4-5H,2-3H2,1H3,(H,13,14). The Bertz CT molecular complexity index is 379. The highest BCUT2D eigenvalue weighted by Crippen LogP contribution is 2.51. The molecule has 1 fully saturated rings. The van der Waals surface area contributed by atoms with Gasteiger partial charge in [-0.3, -0.25) is 9.78 Å². The highest BCUT2D eigenvalue weighted by atomic mass is 35.5. The molecule has 0 aliphatic heterocycles. The highest BCUT2D eigenvalue weighted by Gasteiger charge is 2.53. The Labute approximate surface area is 86.7 Å². The zero-order valence-corrected chi connectivity index (χ0v) is 8.51. The maximum Gasteiger partial charge on any atom is 0.314 e.